The highest BCUT2D eigenvalue weighted by atomic mass is 32.2. The van der Waals surface area contributed by atoms with E-state index < -0.39 is 16.1 Å². The summed E-state index contributed by atoms with van der Waals surface area (Å²) in [6.07, 6.45) is 2.43. The third kappa shape index (κ3) is 6.17. The summed E-state index contributed by atoms with van der Waals surface area (Å²) in [5.74, 6) is -0.278. The van der Waals surface area contributed by atoms with Gasteiger partial charge in [0.15, 0.2) is 10.8 Å². The molecule has 0 saturated heterocycles. The summed E-state index contributed by atoms with van der Waals surface area (Å²) in [6.45, 7) is 5.21. The number of aromatic nitrogens is 2. The van der Waals surface area contributed by atoms with Gasteiger partial charge in [-0.3, -0.25) is 14.4 Å². The van der Waals surface area contributed by atoms with Gasteiger partial charge in [-0.1, -0.05) is 43.3 Å². The second-order valence-electron chi connectivity index (χ2n) is 9.97. The second kappa shape index (κ2) is 11.5. The van der Waals surface area contributed by atoms with Crippen LogP contribution in [0.25, 0.3) is 0 Å². The predicted molar refractivity (Wildman–Crippen MR) is 144 cm³/mol. The van der Waals surface area contributed by atoms with Gasteiger partial charge in [0.25, 0.3) is 15.9 Å². The van der Waals surface area contributed by atoms with Gasteiger partial charge in [-0.25, -0.2) is 4.98 Å². The summed E-state index contributed by atoms with van der Waals surface area (Å²) >= 11 is 0. The van der Waals surface area contributed by atoms with Gasteiger partial charge in [-0.2, -0.15) is 8.42 Å². The van der Waals surface area contributed by atoms with Gasteiger partial charge in [-0.05, 0) is 31.7 Å². The molecule has 38 heavy (non-hydrogen) atoms. The highest BCUT2D eigenvalue weighted by Crippen LogP contribution is 2.36. The Morgan fingerprint density at radius 3 is 2.61 bits per heavy atom. The Labute approximate surface area is 223 Å². The number of nitrogens with zero attached hydrogens (tertiary/aromatic N) is 4. The number of rotatable bonds is 9. The van der Waals surface area contributed by atoms with Crippen LogP contribution < -0.4 is 9.46 Å². The molecular formula is C27H35N5O5S. The molecule has 0 aliphatic carbocycles. The maximum Gasteiger partial charge on any atom is 0.281 e. The van der Waals surface area contributed by atoms with Crippen LogP contribution >= 0.6 is 0 Å². The van der Waals surface area contributed by atoms with Crippen LogP contribution in [0.5, 0.6) is 5.75 Å². The number of carbonyl (C=O) groups is 1. The number of imidazole rings is 1. The first-order valence-corrected chi connectivity index (χ1v) is 14.0. The molecule has 2 heterocycles. The molecule has 0 spiro atoms. The number of hydrogen-bond acceptors (Lipinski definition) is 7. The van der Waals surface area contributed by atoms with Gasteiger partial charge in [0.05, 0.1) is 30.2 Å². The van der Waals surface area contributed by atoms with Crippen molar-refractivity contribution in [2.45, 2.75) is 37.6 Å². The molecule has 3 atom stereocenters. The number of aryl methyl sites for hydroxylation is 1. The van der Waals surface area contributed by atoms with Crippen LogP contribution in [0.2, 0.25) is 0 Å². The minimum Gasteiger partial charge on any atom is -0.486 e. The Kier molecular flexibility index (Phi) is 8.39. The lowest BCUT2D eigenvalue weighted by molar-refractivity contribution is 0.0344. The van der Waals surface area contributed by atoms with Crippen LogP contribution in [0.1, 0.15) is 29.8 Å². The third-order valence-corrected chi connectivity index (χ3v) is 7.93. The summed E-state index contributed by atoms with van der Waals surface area (Å²) in [5.41, 5.74) is 1.54. The van der Waals surface area contributed by atoms with Crippen LogP contribution in [-0.4, -0.2) is 77.7 Å². The minimum atomic E-state index is -4.03. The van der Waals surface area contributed by atoms with E-state index in [-0.39, 0.29) is 46.6 Å². The topological polar surface area (TPSA) is 117 Å². The maximum atomic E-state index is 13.6. The van der Waals surface area contributed by atoms with Crippen molar-refractivity contribution in [1.29, 1.82) is 0 Å². The van der Waals surface area contributed by atoms with Crippen LogP contribution in [0.3, 0.4) is 0 Å². The number of likely N-dealkylation sites (N-methyl/N-ethyl adjacent to an activating group) is 1. The molecule has 4 rings (SSSR count). The second-order valence-corrected chi connectivity index (χ2v) is 11.6. The van der Waals surface area contributed by atoms with E-state index in [4.69, 9.17) is 4.74 Å². The fraction of sp³-hybridized carbons (Fsp3) is 0.407. The molecular weight excluding hydrogens is 506 g/mol. The Balaban J connectivity index is 1.71. The fourth-order valence-electron chi connectivity index (χ4n) is 4.53. The average molecular weight is 542 g/mol. The van der Waals surface area contributed by atoms with Crippen molar-refractivity contribution in [2.24, 2.45) is 13.0 Å². The number of sulfonamides is 1. The van der Waals surface area contributed by atoms with Crippen molar-refractivity contribution < 1.29 is 23.1 Å². The summed E-state index contributed by atoms with van der Waals surface area (Å²) < 4.78 is 36.8. The fourth-order valence-corrected chi connectivity index (χ4v) is 5.58. The molecule has 2 N–H and O–H groups in total. The summed E-state index contributed by atoms with van der Waals surface area (Å²) in [6, 6.07) is 14.5. The summed E-state index contributed by atoms with van der Waals surface area (Å²) in [5, 5.41) is 9.74. The Morgan fingerprint density at radius 2 is 1.95 bits per heavy atom. The Hall–Kier alpha value is -3.41. The number of aliphatic hydroxyl groups is 1. The number of hydrogen-bond donors (Lipinski definition) is 2. The molecule has 1 aliphatic rings. The lowest BCUT2D eigenvalue weighted by atomic mass is 9.99. The SMILES string of the molecule is C[C@H](CO)N1C[C@H](C)[C@H](CN(C)Cc2ccccc2)Oc2c(NS(=O)(=O)c3cn(C)cn3)cccc2C1=O. The largest absolute Gasteiger partial charge is 0.486 e. The van der Waals surface area contributed by atoms with E-state index in [2.05, 4.69) is 26.7 Å². The molecule has 0 fully saturated rings. The minimum absolute atomic E-state index is 0.111. The van der Waals surface area contributed by atoms with E-state index in [1.165, 1.54) is 12.5 Å². The van der Waals surface area contributed by atoms with Gasteiger partial charge in [0.2, 0.25) is 0 Å². The molecule has 1 aliphatic heterocycles. The van der Waals surface area contributed by atoms with Crippen molar-refractivity contribution in [3.8, 4) is 5.75 Å². The summed E-state index contributed by atoms with van der Waals surface area (Å²) in [4.78, 5) is 21.4. The van der Waals surface area contributed by atoms with E-state index in [0.717, 1.165) is 5.56 Å². The number of nitrogens with one attached hydrogen (secondary N) is 1. The van der Waals surface area contributed by atoms with E-state index in [9.17, 15) is 18.3 Å². The van der Waals surface area contributed by atoms with Gasteiger partial charge in [-0.15, -0.1) is 0 Å². The lowest BCUT2D eigenvalue weighted by Gasteiger charge is -2.38. The Bertz CT molecular complexity index is 1360. The quantitative estimate of drug-likeness (QED) is 0.428. The van der Waals surface area contributed by atoms with Gasteiger partial charge in [0, 0.05) is 38.8 Å². The van der Waals surface area contributed by atoms with Crippen molar-refractivity contribution in [3.63, 3.8) is 0 Å². The number of aliphatic hydroxyl groups excluding tert-OH is 1. The number of fused-ring (bicyclic) bond motifs is 1. The zero-order valence-corrected chi connectivity index (χ0v) is 22.9. The molecule has 204 valence electrons. The zero-order valence-electron chi connectivity index (χ0n) is 22.1. The van der Waals surface area contributed by atoms with E-state index in [0.29, 0.717) is 19.6 Å². The van der Waals surface area contributed by atoms with Crippen LogP contribution in [-0.2, 0) is 23.6 Å². The van der Waals surface area contributed by atoms with Crippen LogP contribution in [0.15, 0.2) is 66.1 Å². The van der Waals surface area contributed by atoms with Crippen LogP contribution in [0, 0.1) is 5.92 Å². The first-order valence-electron chi connectivity index (χ1n) is 12.5. The molecule has 0 unspecified atom stereocenters. The summed E-state index contributed by atoms with van der Waals surface area (Å²) in [7, 11) is -0.352. The highest BCUT2D eigenvalue weighted by molar-refractivity contribution is 7.92. The molecule has 1 amide bonds. The van der Waals surface area contributed by atoms with Crippen molar-refractivity contribution >= 4 is 21.6 Å². The van der Waals surface area contributed by atoms with Gasteiger partial charge >= 0.3 is 0 Å². The normalized spacial score (nSPS) is 18.9. The molecule has 0 radical (unpaired) electrons. The number of anilines is 1. The first kappa shape index (κ1) is 27.6. The molecule has 1 aromatic heterocycles. The highest BCUT2D eigenvalue weighted by Gasteiger charge is 2.35. The molecule has 11 heteroatoms. The van der Waals surface area contributed by atoms with Gasteiger partial charge in [0.1, 0.15) is 6.10 Å². The molecule has 0 saturated carbocycles. The van der Waals surface area contributed by atoms with Crippen molar-refractivity contribution in [2.75, 3.05) is 31.5 Å². The van der Waals surface area contributed by atoms with Crippen LogP contribution in [0.4, 0.5) is 5.69 Å². The predicted octanol–water partition coefficient (Wildman–Crippen LogP) is 2.57. The number of ether oxygens (including phenoxy) is 1. The molecule has 2 aromatic carbocycles. The number of amides is 1. The van der Waals surface area contributed by atoms with E-state index >= 15 is 0 Å². The molecule has 3 aromatic rings. The van der Waals surface area contributed by atoms with Gasteiger partial charge < -0.3 is 19.3 Å². The van der Waals surface area contributed by atoms with E-state index in [1.54, 1.807) is 41.6 Å². The lowest BCUT2D eigenvalue weighted by Crippen LogP contribution is -2.49. The number of carbonyl (C=O) groups excluding carboxylic acids is 1. The number of para-hydroxylation sites is 1. The standard InChI is InChI=1S/C27H35N5O5S/c1-19-13-32(20(2)17-33)27(34)22-11-8-12-23(29-38(35,36)25-16-31(4)18-28-25)26(22)37-24(19)15-30(3)14-21-9-6-5-7-10-21/h5-12,16,18-20,24,29,33H,13-15,17H2,1-4H3/t19-,20+,24-/m0/s1. The van der Waals surface area contributed by atoms with Crippen molar-refractivity contribution in [3.05, 3.63) is 72.2 Å². The van der Waals surface area contributed by atoms with E-state index in [1.807, 2.05) is 32.2 Å². The molecule has 0 bridgehead atoms. The number of benzene rings is 2. The smallest absolute Gasteiger partial charge is 0.281 e. The average Bonchev–Trinajstić information content (AvgIpc) is 3.34. The first-order chi connectivity index (χ1) is 18.1. The third-order valence-electron chi connectivity index (χ3n) is 6.68. The zero-order chi connectivity index (χ0) is 27.4. The molecule has 10 nitrogen and oxygen atoms in total. The maximum absolute atomic E-state index is 13.6. The van der Waals surface area contributed by atoms with Crippen molar-refractivity contribution in [1.82, 2.24) is 19.4 Å². The monoisotopic (exact) mass is 541 g/mol. The Morgan fingerprint density at radius 1 is 1.21 bits per heavy atom.